The van der Waals surface area contributed by atoms with Crippen LogP contribution in [0, 0.1) is 6.92 Å². The second kappa shape index (κ2) is 9.03. The molecule has 25 heavy (non-hydrogen) atoms. The van der Waals surface area contributed by atoms with Gasteiger partial charge in [0.15, 0.2) is 11.5 Å². The second-order valence-electron chi connectivity index (χ2n) is 4.84. The van der Waals surface area contributed by atoms with Gasteiger partial charge in [0.2, 0.25) is 5.13 Å². The molecule has 8 heteroatoms. The molecule has 0 unspecified atom stereocenters. The highest BCUT2D eigenvalue weighted by atomic mass is 32.1. The highest BCUT2D eigenvalue weighted by Gasteiger charge is 2.16. The van der Waals surface area contributed by atoms with Gasteiger partial charge in [0.25, 0.3) is 0 Å². The summed E-state index contributed by atoms with van der Waals surface area (Å²) in [4.78, 5) is 16.5. The minimum atomic E-state index is -0.374. The number of anilines is 1. The molecule has 2 aromatic rings. The topological polar surface area (TPSA) is 82.0 Å². The first kappa shape index (κ1) is 18.7. The summed E-state index contributed by atoms with van der Waals surface area (Å²) in [6.45, 7) is 6.30. The van der Waals surface area contributed by atoms with Crippen LogP contribution in [-0.4, -0.2) is 37.5 Å². The van der Waals surface area contributed by atoms with Crippen molar-refractivity contribution < 1.29 is 19.0 Å². The number of para-hydroxylation sites is 1. The van der Waals surface area contributed by atoms with Gasteiger partial charge in [-0.3, -0.25) is 5.43 Å². The largest absolute Gasteiger partial charge is 0.492 e. The van der Waals surface area contributed by atoms with Crippen LogP contribution in [0.15, 0.2) is 23.3 Å². The molecule has 0 aliphatic rings. The lowest BCUT2D eigenvalue weighted by Gasteiger charge is -2.10. The molecule has 0 fully saturated rings. The molecular weight excluding hydrogens is 342 g/mol. The molecule has 0 spiro atoms. The van der Waals surface area contributed by atoms with E-state index in [0.717, 1.165) is 5.56 Å². The van der Waals surface area contributed by atoms with Crippen LogP contribution in [0.25, 0.3) is 0 Å². The summed E-state index contributed by atoms with van der Waals surface area (Å²) in [6, 6.07) is 5.56. The molecule has 2 rings (SSSR count). The van der Waals surface area contributed by atoms with Gasteiger partial charge in [-0.15, -0.1) is 0 Å². The maximum absolute atomic E-state index is 11.8. The van der Waals surface area contributed by atoms with E-state index in [9.17, 15) is 4.79 Å². The number of nitrogens with one attached hydrogen (secondary N) is 1. The number of thiazole rings is 1. The zero-order chi connectivity index (χ0) is 18.2. The summed E-state index contributed by atoms with van der Waals surface area (Å²) in [5.74, 6) is 0.890. The number of methoxy groups -OCH3 is 1. The molecule has 1 heterocycles. The van der Waals surface area contributed by atoms with E-state index in [0.29, 0.717) is 40.4 Å². The lowest BCUT2D eigenvalue weighted by Crippen LogP contribution is -2.03. The Morgan fingerprint density at radius 2 is 2.16 bits per heavy atom. The van der Waals surface area contributed by atoms with Crippen LogP contribution in [0.3, 0.4) is 0 Å². The van der Waals surface area contributed by atoms with Gasteiger partial charge < -0.3 is 14.2 Å². The lowest BCUT2D eigenvalue weighted by atomic mass is 10.2. The third-order valence-corrected chi connectivity index (χ3v) is 4.18. The Labute approximate surface area is 150 Å². The predicted molar refractivity (Wildman–Crippen MR) is 98.2 cm³/mol. The van der Waals surface area contributed by atoms with E-state index >= 15 is 0 Å². The van der Waals surface area contributed by atoms with Crippen molar-refractivity contribution >= 4 is 28.7 Å². The molecule has 1 aromatic carbocycles. The number of aromatic nitrogens is 1. The minimum absolute atomic E-state index is 0.326. The van der Waals surface area contributed by atoms with Crippen molar-refractivity contribution in [1.82, 2.24) is 4.98 Å². The fourth-order valence-corrected chi connectivity index (χ4v) is 2.92. The third-order valence-electron chi connectivity index (χ3n) is 3.13. The molecular formula is C17H21N3O4S. The Bertz CT molecular complexity index is 758. The number of nitrogens with zero attached hydrogens (tertiary/aromatic N) is 2. The number of aryl methyl sites for hydroxylation is 1. The van der Waals surface area contributed by atoms with Crippen molar-refractivity contribution in [2.75, 3.05) is 25.7 Å². The average Bonchev–Trinajstić information content (AvgIpc) is 2.96. The molecule has 134 valence electrons. The van der Waals surface area contributed by atoms with Gasteiger partial charge in [0.05, 0.1) is 32.2 Å². The second-order valence-corrected chi connectivity index (χ2v) is 5.83. The summed E-state index contributed by atoms with van der Waals surface area (Å²) in [7, 11) is 1.58. The van der Waals surface area contributed by atoms with Crippen LogP contribution in [0.1, 0.15) is 34.8 Å². The van der Waals surface area contributed by atoms with E-state index in [-0.39, 0.29) is 5.97 Å². The molecule has 0 saturated heterocycles. The molecule has 1 aromatic heterocycles. The van der Waals surface area contributed by atoms with Crippen LogP contribution in [-0.2, 0) is 4.74 Å². The maximum atomic E-state index is 11.8. The van der Waals surface area contributed by atoms with Crippen LogP contribution in [0.2, 0.25) is 0 Å². The monoisotopic (exact) mass is 363 g/mol. The van der Waals surface area contributed by atoms with E-state index in [1.807, 2.05) is 25.1 Å². The molecule has 0 aliphatic heterocycles. The van der Waals surface area contributed by atoms with E-state index in [2.05, 4.69) is 15.5 Å². The van der Waals surface area contributed by atoms with Gasteiger partial charge in [-0.2, -0.15) is 5.10 Å². The van der Waals surface area contributed by atoms with Gasteiger partial charge >= 0.3 is 5.97 Å². The van der Waals surface area contributed by atoms with Crippen LogP contribution >= 0.6 is 11.3 Å². The number of hydrogen-bond acceptors (Lipinski definition) is 8. The minimum Gasteiger partial charge on any atom is -0.492 e. The number of hydrogen-bond donors (Lipinski definition) is 1. The Balaban J connectivity index is 2.13. The maximum Gasteiger partial charge on any atom is 0.350 e. The van der Waals surface area contributed by atoms with Crippen molar-refractivity contribution in [2.45, 2.75) is 20.8 Å². The average molecular weight is 363 g/mol. The molecule has 0 amide bonds. The number of carbonyl (C=O) groups excluding carboxylic acids is 1. The Kier molecular flexibility index (Phi) is 6.76. The summed E-state index contributed by atoms with van der Waals surface area (Å²) in [5, 5.41) is 4.68. The highest BCUT2D eigenvalue weighted by molar-refractivity contribution is 7.17. The quantitative estimate of drug-likeness (QED) is 0.439. The van der Waals surface area contributed by atoms with Crippen molar-refractivity contribution in [3.63, 3.8) is 0 Å². The number of benzene rings is 1. The fraction of sp³-hybridized carbons (Fsp3) is 0.353. The first-order chi connectivity index (χ1) is 12.1. The van der Waals surface area contributed by atoms with Gasteiger partial charge in [0, 0.05) is 5.56 Å². The Morgan fingerprint density at radius 3 is 2.84 bits per heavy atom. The number of carbonyl (C=O) groups is 1. The molecule has 0 saturated carbocycles. The number of rotatable bonds is 8. The summed E-state index contributed by atoms with van der Waals surface area (Å²) < 4.78 is 15.9. The van der Waals surface area contributed by atoms with E-state index in [1.165, 1.54) is 11.3 Å². The van der Waals surface area contributed by atoms with Gasteiger partial charge in [-0.25, -0.2) is 9.78 Å². The summed E-state index contributed by atoms with van der Waals surface area (Å²) in [5.41, 5.74) is 4.20. The van der Waals surface area contributed by atoms with Crippen molar-refractivity contribution in [2.24, 2.45) is 5.10 Å². The fourth-order valence-electron chi connectivity index (χ4n) is 2.11. The van der Waals surface area contributed by atoms with Crippen LogP contribution < -0.4 is 14.9 Å². The normalized spacial score (nSPS) is 10.7. The molecule has 0 bridgehead atoms. The molecule has 1 N–H and O–H groups in total. The van der Waals surface area contributed by atoms with Crippen molar-refractivity contribution in [3.05, 3.63) is 34.3 Å². The first-order valence-corrected chi connectivity index (χ1v) is 8.65. The first-order valence-electron chi connectivity index (χ1n) is 7.84. The zero-order valence-electron chi connectivity index (χ0n) is 14.7. The Morgan fingerprint density at radius 1 is 1.36 bits per heavy atom. The van der Waals surface area contributed by atoms with Gasteiger partial charge in [0.1, 0.15) is 4.88 Å². The smallest absolute Gasteiger partial charge is 0.350 e. The standard InChI is InChI=1S/C17H21N3O4S/c1-5-23-13-9-7-8-12(14(13)22-4)10-18-20-17-19-11(3)15(25-17)16(21)24-6-2/h7-10H,5-6H2,1-4H3,(H,19,20)/b18-10-. The highest BCUT2D eigenvalue weighted by Crippen LogP contribution is 2.30. The van der Waals surface area contributed by atoms with Crippen molar-refractivity contribution in [3.8, 4) is 11.5 Å². The van der Waals surface area contributed by atoms with Gasteiger partial charge in [-0.1, -0.05) is 17.4 Å². The zero-order valence-corrected chi connectivity index (χ0v) is 15.5. The van der Waals surface area contributed by atoms with Crippen LogP contribution in [0.4, 0.5) is 5.13 Å². The SMILES string of the molecule is CCOC(=O)c1sc(N/N=C\c2cccc(OCC)c2OC)nc1C. The molecule has 0 aliphatic carbocycles. The molecule has 7 nitrogen and oxygen atoms in total. The van der Waals surface area contributed by atoms with Crippen molar-refractivity contribution in [1.29, 1.82) is 0 Å². The Hall–Kier alpha value is -2.61. The molecule has 0 radical (unpaired) electrons. The van der Waals surface area contributed by atoms with E-state index in [4.69, 9.17) is 14.2 Å². The number of ether oxygens (including phenoxy) is 3. The number of esters is 1. The van der Waals surface area contributed by atoms with E-state index in [1.54, 1.807) is 27.2 Å². The molecule has 0 atom stereocenters. The number of hydrazone groups is 1. The lowest BCUT2D eigenvalue weighted by molar-refractivity contribution is 0.0531. The van der Waals surface area contributed by atoms with Crippen LogP contribution in [0.5, 0.6) is 11.5 Å². The van der Waals surface area contributed by atoms with E-state index < -0.39 is 0 Å². The van der Waals surface area contributed by atoms with Gasteiger partial charge in [-0.05, 0) is 32.9 Å². The predicted octanol–water partition coefficient (Wildman–Crippen LogP) is 3.48. The third kappa shape index (κ3) is 4.69. The summed E-state index contributed by atoms with van der Waals surface area (Å²) >= 11 is 1.20. The summed E-state index contributed by atoms with van der Waals surface area (Å²) in [6.07, 6.45) is 1.61.